The molecule has 0 rings (SSSR count). The Bertz CT molecular complexity index is 30.6. The topological polar surface area (TPSA) is 27.6 Å². The number of hydrogen-bond acceptors (Lipinski definition) is 0. The summed E-state index contributed by atoms with van der Waals surface area (Å²) in [5.41, 5.74) is 3.59. The van der Waals surface area contributed by atoms with Crippen molar-refractivity contribution in [1.29, 1.82) is 0 Å². The third-order valence-corrected chi connectivity index (χ3v) is 0.402. The largest absolute Gasteiger partial charge is 0.354 e. The van der Waals surface area contributed by atoms with Crippen LogP contribution < -0.4 is 5.73 Å². The molecule has 30 valence electrons. The Kier molecular flexibility index (Phi) is 3.48. The van der Waals surface area contributed by atoms with Gasteiger partial charge in [0.1, 0.15) is 0 Å². The highest BCUT2D eigenvalue weighted by Gasteiger charge is 1.55. The maximum absolute atomic E-state index is 3.59. The summed E-state index contributed by atoms with van der Waals surface area (Å²) in [4.78, 5) is 0. The molecular formula is C4H10N+. The van der Waals surface area contributed by atoms with Gasteiger partial charge in [-0.2, -0.15) is 0 Å². The van der Waals surface area contributed by atoms with Crippen molar-refractivity contribution in [2.75, 3.05) is 6.54 Å². The van der Waals surface area contributed by atoms with Crippen LogP contribution in [0.5, 0.6) is 0 Å². The van der Waals surface area contributed by atoms with E-state index in [9.17, 15) is 0 Å². The Labute approximate surface area is 32.5 Å². The number of quaternary nitrogens is 1. The standard InChI is InChI=1S/C4H9N/c1-2-3-4-5/h2-3H,4-5H2,1H3/p+1/b3-2+. The van der Waals surface area contributed by atoms with E-state index in [1.165, 1.54) is 0 Å². The molecule has 0 aromatic carbocycles. The van der Waals surface area contributed by atoms with Crippen LogP contribution in [0, 0.1) is 0 Å². The van der Waals surface area contributed by atoms with Crippen LogP contribution in [0.1, 0.15) is 6.92 Å². The molecule has 3 N–H and O–H groups in total. The minimum absolute atomic E-state index is 0.913. The zero-order valence-corrected chi connectivity index (χ0v) is 3.57. The van der Waals surface area contributed by atoms with Crippen LogP contribution in [0.3, 0.4) is 0 Å². The minimum Gasteiger partial charge on any atom is -0.354 e. The van der Waals surface area contributed by atoms with Crippen molar-refractivity contribution >= 4 is 0 Å². The van der Waals surface area contributed by atoms with Crippen LogP contribution in [-0.2, 0) is 0 Å². The molecule has 0 amide bonds. The normalized spacial score (nSPS) is 10.0. The third kappa shape index (κ3) is 3.70. The zero-order chi connectivity index (χ0) is 4.12. The second-order valence-electron chi connectivity index (χ2n) is 0.858. The molecule has 1 heteroatoms. The summed E-state index contributed by atoms with van der Waals surface area (Å²) in [7, 11) is 0. The molecule has 1 nitrogen and oxygen atoms in total. The van der Waals surface area contributed by atoms with E-state index in [1.54, 1.807) is 0 Å². The fourth-order valence-electron chi connectivity index (χ4n) is 0.167. The van der Waals surface area contributed by atoms with Gasteiger partial charge < -0.3 is 5.73 Å². The van der Waals surface area contributed by atoms with Gasteiger partial charge in [0, 0.05) is 0 Å². The quantitative estimate of drug-likeness (QED) is 0.416. The van der Waals surface area contributed by atoms with Gasteiger partial charge in [-0.1, -0.05) is 6.08 Å². The van der Waals surface area contributed by atoms with E-state index in [0.29, 0.717) is 0 Å². The van der Waals surface area contributed by atoms with Crippen molar-refractivity contribution < 1.29 is 5.73 Å². The third-order valence-electron chi connectivity index (χ3n) is 0.402. The Morgan fingerprint density at radius 3 is 2.40 bits per heavy atom. The predicted octanol–water partition coefficient (Wildman–Crippen LogP) is -0.196. The molecule has 0 fully saturated rings. The first-order valence-corrected chi connectivity index (χ1v) is 1.82. The summed E-state index contributed by atoms with van der Waals surface area (Å²) < 4.78 is 0. The second-order valence-corrected chi connectivity index (χ2v) is 0.858. The molecule has 0 aliphatic heterocycles. The molecule has 0 unspecified atom stereocenters. The van der Waals surface area contributed by atoms with Crippen LogP contribution in [0.2, 0.25) is 0 Å². The van der Waals surface area contributed by atoms with E-state index in [1.807, 2.05) is 19.1 Å². The van der Waals surface area contributed by atoms with Gasteiger partial charge in [-0.15, -0.1) is 0 Å². The van der Waals surface area contributed by atoms with Gasteiger partial charge in [-0.3, -0.25) is 0 Å². The van der Waals surface area contributed by atoms with E-state index >= 15 is 0 Å². The van der Waals surface area contributed by atoms with E-state index in [-0.39, 0.29) is 0 Å². The van der Waals surface area contributed by atoms with Crippen LogP contribution in [0.25, 0.3) is 0 Å². The maximum Gasteiger partial charge on any atom is 0.0926 e. The molecule has 0 bridgehead atoms. The summed E-state index contributed by atoms with van der Waals surface area (Å²) in [6.45, 7) is 2.90. The van der Waals surface area contributed by atoms with Crippen molar-refractivity contribution in [3.05, 3.63) is 12.2 Å². The lowest BCUT2D eigenvalue weighted by atomic mass is 10.5. The SMILES string of the molecule is C/C=C/C[NH3+]. The molecule has 0 spiro atoms. The fraction of sp³-hybridized carbons (Fsp3) is 0.500. The van der Waals surface area contributed by atoms with E-state index in [4.69, 9.17) is 0 Å². The highest BCUT2D eigenvalue weighted by atomic mass is 14.5. The van der Waals surface area contributed by atoms with Gasteiger partial charge >= 0.3 is 0 Å². The van der Waals surface area contributed by atoms with Crippen LogP contribution in [-0.4, -0.2) is 6.54 Å². The lowest BCUT2D eigenvalue weighted by molar-refractivity contribution is -0.352. The molecule has 0 aromatic heterocycles. The van der Waals surface area contributed by atoms with Gasteiger partial charge in [0.25, 0.3) is 0 Å². The maximum atomic E-state index is 3.59. The summed E-state index contributed by atoms with van der Waals surface area (Å²) in [6.07, 6.45) is 4.01. The van der Waals surface area contributed by atoms with Crippen molar-refractivity contribution in [2.45, 2.75) is 6.92 Å². The Morgan fingerprint density at radius 1 is 1.80 bits per heavy atom. The molecular weight excluding hydrogens is 62.1 g/mol. The summed E-state index contributed by atoms with van der Waals surface area (Å²) >= 11 is 0. The highest BCUT2D eigenvalue weighted by Crippen LogP contribution is 1.56. The van der Waals surface area contributed by atoms with Crippen LogP contribution in [0.4, 0.5) is 0 Å². The number of allylic oxidation sites excluding steroid dienone is 1. The van der Waals surface area contributed by atoms with Gasteiger partial charge in [-0.25, -0.2) is 0 Å². The van der Waals surface area contributed by atoms with Gasteiger partial charge in [-0.05, 0) is 13.0 Å². The number of hydrogen-bond donors (Lipinski definition) is 1. The first-order chi connectivity index (χ1) is 2.41. The molecule has 0 saturated heterocycles. The van der Waals surface area contributed by atoms with Crippen molar-refractivity contribution in [2.24, 2.45) is 0 Å². The summed E-state index contributed by atoms with van der Waals surface area (Å²) in [5, 5.41) is 0. The molecule has 0 heterocycles. The van der Waals surface area contributed by atoms with Crippen LogP contribution >= 0.6 is 0 Å². The average molecular weight is 72.1 g/mol. The molecule has 0 saturated carbocycles. The molecule has 0 aromatic rings. The van der Waals surface area contributed by atoms with Crippen molar-refractivity contribution in [3.63, 3.8) is 0 Å². The van der Waals surface area contributed by atoms with E-state index < -0.39 is 0 Å². The minimum atomic E-state index is 0.913. The lowest BCUT2D eigenvalue weighted by Gasteiger charge is -1.63. The number of rotatable bonds is 1. The lowest BCUT2D eigenvalue weighted by Crippen LogP contribution is -2.48. The summed E-state index contributed by atoms with van der Waals surface area (Å²) in [5.74, 6) is 0. The predicted molar refractivity (Wildman–Crippen MR) is 22.6 cm³/mol. The Hall–Kier alpha value is -0.300. The fourth-order valence-corrected chi connectivity index (χ4v) is 0.167. The van der Waals surface area contributed by atoms with E-state index in [0.717, 1.165) is 6.54 Å². The van der Waals surface area contributed by atoms with Gasteiger partial charge in [0.15, 0.2) is 0 Å². The Balaban J connectivity index is 2.62. The monoisotopic (exact) mass is 72.1 g/mol. The summed E-state index contributed by atoms with van der Waals surface area (Å²) in [6, 6.07) is 0. The highest BCUT2D eigenvalue weighted by molar-refractivity contribution is 4.73. The molecule has 0 radical (unpaired) electrons. The first-order valence-electron chi connectivity index (χ1n) is 1.82. The van der Waals surface area contributed by atoms with Gasteiger partial charge in [0.2, 0.25) is 0 Å². The molecule has 0 aliphatic rings. The zero-order valence-electron chi connectivity index (χ0n) is 3.57. The van der Waals surface area contributed by atoms with Gasteiger partial charge in [0.05, 0.1) is 6.54 Å². The second kappa shape index (κ2) is 3.70. The molecule has 0 atom stereocenters. The molecule has 0 aliphatic carbocycles. The first kappa shape index (κ1) is 4.70. The van der Waals surface area contributed by atoms with Crippen LogP contribution in [0.15, 0.2) is 12.2 Å². The Morgan fingerprint density at radius 2 is 2.40 bits per heavy atom. The van der Waals surface area contributed by atoms with Crippen molar-refractivity contribution in [3.8, 4) is 0 Å². The average Bonchev–Trinajstić information content (AvgIpc) is 1.41. The smallest absolute Gasteiger partial charge is 0.0926 e. The van der Waals surface area contributed by atoms with Crippen molar-refractivity contribution in [1.82, 2.24) is 0 Å². The van der Waals surface area contributed by atoms with E-state index in [2.05, 4.69) is 5.73 Å². The molecule has 5 heavy (non-hydrogen) atoms.